The molecule has 1 aliphatic rings. The van der Waals surface area contributed by atoms with E-state index < -0.39 is 8.07 Å². The van der Waals surface area contributed by atoms with Crippen LogP contribution < -0.4 is 5.32 Å². The van der Waals surface area contributed by atoms with Gasteiger partial charge in [-0.2, -0.15) is 0 Å². The van der Waals surface area contributed by atoms with Crippen LogP contribution in [-0.2, 0) is 0 Å². The molecule has 1 aliphatic carbocycles. The summed E-state index contributed by atoms with van der Waals surface area (Å²) in [4.78, 5) is 0. The topological polar surface area (TPSA) is 12.0 Å². The lowest BCUT2D eigenvalue weighted by Gasteiger charge is -2.25. The molecule has 1 N–H and O–H groups in total. The number of hydrogen-bond acceptors (Lipinski definition) is 1. The van der Waals surface area contributed by atoms with Crippen molar-refractivity contribution in [3.05, 3.63) is 34.9 Å². The van der Waals surface area contributed by atoms with Crippen LogP contribution in [0, 0.1) is 0 Å². The third-order valence-electron chi connectivity index (χ3n) is 3.43. The molecule has 1 fully saturated rings. The lowest BCUT2D eigenvalue weighted by atomic mass is 10.0. The minimum Gasteiger partial charge on any atom is -0.313 e. The summed E-state index contributed by atoms with van der Waals surface area (Å²) in [6.45, 7) is 8.48. The Balaban J connectivity index is 2.03. The van der Waals surface area contributed by atoms with Gasteiger partial charge < -0.3 is 5.32 Å². The highest BCUT2D eigenvalue weighted by atomic mass is 35.5. The van der Waals surface area contributed by atoms with Gasteiger partial charge in [0.1, 0.15) is 0 Å². The van der Waals surface area contributed by atoms with Crippen molar-refractivity contribution in [1.29, 1.82) is 0 Å². The van der Waals surface area contributed by atoms with Crippen molar-refractivity contribution in [3.63, 3.8) is 0 Å². The third-order valence-corrected chi connectivity index (χ3v) is 5.40. The zero-order chi connectivity index (χ0) is 13.2. The first-order valence-electron chi connectivity index (χ1n) is 6.93. The molecule has 0 aliphatic heterocycles. The molecular weight excluding hydrogens is 258 g/mol. The van der Waals surface area contributed by atoms with Crippen LogP contribution in [0.5, 0.6) is 0 Å². The summed E-state index contributed by atoms with van der Waals surface area (Å²) in [6, 6.07) is 10.6. The van der Waals surface area contributed by atoms with E-state index in [1.165, 1.54) is 24.4 Å². The quantitative estimate of drug-likeness (QED) is 0.757. The zero-order valence-corrected chi connectivity index (χ0v) is 13.4. The van der Waals surface area contributed by atoms with E-state index in [0.29, 0.717) is 5.92 Å². The van der Waals surface area contributed by atoms with Gasteiger partial charge >= 0.3 is 0 Å². The molecule has 0 radical (unpaired) electrons. The van der Waals surface area contributed by atoms with E-state index >= 15 is 0 Å². The predicted octanol–water partition coefficient (Wildman–Crippen LogP) is 4.51. The Labute approximate surface area is 117 Å². The molecule has 1 aromatic carbocycles. The Morgan fingerprint density at radius 2 is 1.83 bits per heavy atom. The van der Waals surface area contributed by atoms with E-state index in [9.17, 15) is 0 Å². The molecular formula is C15H24ClNSi. The van der Waals surface area contributed by atoms with Crippen LogP contribution in [0.4, 0.5) is 0 Å². The summed E-state index contributed by atoms with van der Waals surface area (Å²) in [7, 11) is -1.04. The van der Waals surface area contributed by atoms with Crippen molar-refractivity contribution in [2.75, 3.05) is 6.54 Å². The van der Waals surface area contributed by atoms with Crippen LogP contribution in [0.25, 0.3) is 0 Å². The standard InChI is InChI=1S/C15H24ClNSi/c1-18(2,3)11-13(10-17-15-8-9-15)12-4-6-14(16)7-5-12/h4-7,13,15,17H,8-11H2,1-3H3. The molecule has 3 heteroatoms. The molecule has 100 valence electrons. The Bertz CT molecular complexity index is 378. The zero-order valence-electron chi connectivity index (χ0n) is 11.7. The largest absolute Gasteiger partial charge is 0.313 e. The molecule has 1 atom stereocenters. The maximum Gasteiger partial charge on any atom is 0.0449 e. The second-order valence-electron chi connectivity index (χ2n) is 6.70. The van der Waals surface area contributed by atoms with Gasteiger partial charge in [0.05, 0.1) is 0 Å². The summed E-state index contributed by atoms with van der Waals surface area (Å²) < 4.78 is 0. The van der Waals surface area contributed by atoms with E-state index in [4.69, 9.17) is 11.6 Å². The minimum absolute atomic E-state index is 0.648. The SMILES string of the molecule is C[Si](C)(C)CC(CNC1CC1)c1ccc(Cl)cc1. The van der Waals surface area contributed by atoms with Crippen molar-refractivity contribution in [2.24, 2.45) is 0 Å². The van der Waals surface area contributed by atoms with E-state index in [-0.39, 0.29) is 0 Å². The number of rotatable bonds is 6. The van der Waals surface area contributed by atoms with Crippen LogP contribution in [0.15, 0.2) is 24.3 Å². The Morgan fingerprint density at radius 1 is 1.22 bits per heavy atom. The van der Waals surface area contributed by atoms with Gasteiger partial charge in [-0.1, -0.05) is 43.4 Å². The molecule has 1 saturated carbocycles. The Morgan fingerprint density at radius 3 is 2.33 bits per heavy atom. The van der Waals surface area contributed by atoms with Crippen molar-refractivity contribution in [2.45, 2.75) is 50.5 Å². The summed E-state index contributed by atoms with van der Waals surface area (Å²) in [5.74, 6) is 0.648. The minimum atomic E-state index is -1.04. The number of hydrogen-bond donors (Lipinski definition) is 1. The van der Waals surface area contributed by atoms with E-state index in [2.05, 4.69) is 37.1 Å². The van der Waals surface area contributed by atoms with Crippen molar-refractivity contribution >= 4 is 19.7 Å². The van der Waals surface area contributed by atoms with Gasteiger partial charge in [0.2, 0.25) is 0 Å². The maximum atomic E-state index is 5.98. The van der Waals surface area contributed by atoms with Gasteiger partial charge in [-0.3, -0.25) is 0 Å². The van der Waals surface area contributed by atoms with Crippen molar-refractivity contribution in [3.8, 4) is 0 Å². The second-order valence-corrected chi connectivity index (χ2v) is 12.7. The van der Waals surface area contributed by atoms with Crippen LogP contribution in [0.1, 0.15) is 24.3 Å². The average molecular weight is 282 g/mol. The number of nitrogens with one attached hydrogen (secondary N) is 1. The highest BCUT2D eigenvalue weighted by molar-refractivity contribution is 6.76. The van der Waals surface area contributed by atoms with Gasteiger partial charge in [0.25, 0.3) is 0 Å². The normalized spacial score (nSPS) is 17.8. The molecule has 2 rings (SSSR count). The maximum absolute atomic E-state index is 5.98. The fourth-order valence-corrected chi connectivity index (χ4v) is 4.36. The van der Waals surface area contributed by atoms with Crippen LogP contribution in [-0.4, -0.2) is 20.7 Å². The van der Waals surface area contributed by atoms with Crippen molar-refractivity contribution in [1.82, 2.24) is 5.32 Å². The van der Waals surface area contributed by atoms with Crippen LogP contribution >= 0.6 is 11.6 Å². The highest BCUT2D eigenvalue weighted by Gasteiger charge is 2.25. The lowest BCUT2D eigenvalue weighted by Crippen LogP contribution is -2.30. The molecule has 1 unspecified atom stereocenters. The number of benzene rings is 1. The monoisotopic (exact) mass is 281 g/mol. The summed E-state index contributed by atoms with van der Waals surface area (Å²) >= 11 is 5.98. The van der Waals surface area contributed by atoms with Gasteiger partial charge in [0.15, 0.2) is 0 Å². The smallest absolute Gasteiger partial charge is 0.0449 e. The van der Waals surface area contributed by atoms with Crippen molar-refractivity contribution < 1.29 is 0 Å². The van der Waals surface area contributed by atoms with Gasteiger partial charge in [-0.15, -0.1) is 0 Å². The van der Waals surface area contributed by atoms with E-state index in [0.717, 1.165) is 17.6 Å². The molecule has 0 amide bonds. The Kier molecular flexibility index (Phi) is 4.52. The van der Waals surface area contributed by atoms with E-state index in [1.54, 1.807) is 0 Å². The Hall–Kier alpha value is -0.313. The van der Waals surface area contributed by atoms with Gasteiger partial charge in [0, 0.05) is 25.7 Å². The highest BCUT2D eigenvalue weighted by Crippen LogP contribution is 2.28. The summed E-state index contributed by atoms with van der Waals surface area (Å²) in [6.07, 6.45) is 2.72. The molecule has 18 heavy (non-hydrogen) atoms. The van der Waals surface area contributed by atoms with Gasteiger partial charge in [-0.05, 0) is 42.5 Å². The first kappa shape index (κ1) is 14.1. The fraction of sp³-hybridized carbons (Fsp3) is 0.600. The first-order chi connectivity index (χ1) is 8.44. The van der Waals surface area contributed by atoms with E-state index in [1.807, 2.05) is 12.1 Å². The van der Waals surface area contributed by atoms with Gasteiger partial charge in [-0.25, -0.2) is 0 Å². The number of halogens is 1. The fourth-order valence-electron chi connectivity index (χ4n) is 2.38. The molecule has 1 nitrogen and oxygen atoms in total. The predicted molar refractivity (Wildman–Crippen MR) is 83.4 cm³/mol. The summed E-state index contributed by atoms with van der Waals surface area (Å²) in [5, 5.41) is 4.52. The first-order valence-corrected chi connectivity index (χ1v) is 11.0. The molecule has 0 heterocycles. The van der Waals surface area contributed by atoms with Crippen LogP contribution in [0.2, 0.25) is 30.7 Å². The third kappa shape index (κ3) is 4.75. The molecule has 1 aromatic rings. The molecule has 0 aromatic heterocycles. The average Bonchev–Trinajstić information content (AvgIpc) is 3.07. The molecule has 0 saturated heterocycles. The summed E-state index contributed by atoms with van der Waals surface area (Å²) in [5.41, 5.74) is 1.44. The molecule has 0 bridgehead atoms. The van der Waals surface area contributed by atoms with Crippen LogP contribution in [0.3, 0.4) is 0 Å². The second kappa shape index (κ2) is 5.77. The lowest BCUT2D eigenvalue weighted by molar-refractivity contribution is 0.607. The molecule has 0 spiro atoms.